The number of Topliss-reactive ketones (excluding diaryl/α,β-unsaturated/α-hetero) is 1. The number of hydrogen-bond donors (Lipinski definition) is 0. The van der Waals surface area contributed by atoms with Gasteiger partial charge in [-0.3, -0.25) is 9.59 Å². The molecule has 3 heteroatoms. The summed E-state index contributed by atoms with van der Waals surface area (Å²) >= 11 is 0. The molecule has 86 valence electrons. The van der Waals surface area contributed by atoms with Crippen LogP contribution in [0.25, 0.3) is 0 Å². The van der Waals surface area contributed by atoms with E-state index in [1.807, 2.05) is 44.2 Å². The molecule has 0 spiro atoms. The average molecular weight is 236 g/mol. The van der Waals surface area contributed by atoms with Gasteiger partial charge in [0, 0.05) is 5.56 Å². The molecule has 1 rings (SSSR count). The lowest BCUT2D eigenvalue weighted by molar-refractivity contribution is 0.0936. The van der Waals surface area contributed by atoms with E-state index in [-0.39, 0.29) is 14.4 Å². The lowest BCUT2D eigenvalue weighted by Gasteiger charge is -2.27. The maximum atomic E-state index is 12.4. The van der Waals surface area contributed by atoms with Crippen LogP contribution in [0.1, 0.15) is 37.0 Å². The van der Waals surface area contributed by atoms with E-state index in [1.165, 1.54) is 0 Å². The maximum absolute atomic E-state index is 12.4. The van der Waals surface area contributed by atoms with Gasteiger partial charge in [0.2, 0.25) is 0 Å². The third-order valence-electron chi connectivity index (χ3n) is 3.01. The van der Waals surface area contributed by atoms with Crippen LogP contribution in [0.3, 0.4) is 0 Å². The quantitative estimate of drug-likeness (QED) is 0.431. The van der Waals surface area contributed by atoms with Gasteiger partial charge >= 0.3 is 0 Å². The predicted octanol–water partition coefficient (Wildman–Crippen LogP) is 3.30. The molecule has 16 heavy (non-hydrogen) atoms. The molecule has 2 nitrogen and oxygen atoms in total. The second-order valence-electron chi connectivity index (χ2n) is 3.75. The number of ketones is 1. The van der Waals surface area contributed by atoms with E-state index in [0.717, 1.165) is 6.03 Å². The van der Waals surface area contributed by atoms with E-state index in [1.54, 1.807) is 0 Å². The first-order chi connectivity index (χ1) is 7.70. The van der Waals surface area contributed by atoms with Crippen LogP contribution >= 0.6 is 8.58 Å². The van der Waals surface area contributed by atoms with Gasteiger partial charge in [-0.1, -0.05) is 44.2 Å². The minimum Gasteiger partial charge on any atom is -0.299 e. The Morgan fingerprint density at radius 2 is 1.81 bits per heavy atom. The SMILES string of the molecule is CCC(CC)(PC=O)C(=O)c1ccccc1. The number of carbonyl (C=O) groups is 2. The molecule has 0 bridgehead atoms. The van der Waals surface area contributed by atoms with Crippen LogP contribution in [0.4, 0.5) is 0 Å². The fourth-order valence-electron chi connectivity index (χ4n) is 1.82. The van der Waals surface area contributed by atoms with E-state index in [2.05, 4.69) is 0 Å². The van der Waals surface area contributed by atoms with Crippen LogP contribution in [0, 0.1) is 0 Å². The third kappa shape index (κ3) is 2.56. The molecule has 1 unspecified atom stereocenters. The Bertz CT molecular complexity index is 355. The fourth-order valence-corrected chi connectivity index (χ4v) is 2.73. The minimum atomic E-state index is -0.483. The Kier molecular flexibility index (Phi) is 4.82. The molecule has 0 aliphatic rings. The van der Waals surface area contributed by atoms with E-state index < -0.39 is 5.16 Å². The molecule has 0 saturated carbocycles. The van der Waals surface area contributed by atoms with Gasteiger partial charge in [0.15, 0.2) is 5.78 Å². The number of carbonyl (C=O) groups excluding carboxylic acids is 2. The highest BCUT2D eigenvalue weighted by Gasteiger charge is 2.34. The lowest BCUT2D eigenvalue weighted by atomic mass is 9.92. The molecule has 0 fully saturated rings. The minimum absolute atomic E-state index is 0.0521. The summed E-state index contributed by atoms with van der Waals surface area (Å²) in [5.41, 5.74) is 0.709. The highest BCUT2D eigenvalue weighted by molar-refractivity contribution is 7.57. The molecule has 0 heterocycles. The zero-order valence-corrected chi connectivity index (χ0v) is 10.7. The van der Waals surface area contributed by atoms with Crippen molar-refractivity contribution in [2.45, 2.75) is 31.8 Å². The van der Waals surface area contributed by atoms with Crippen molar-refractivity contribution in [1.29, 1.82) is 0 Å². The molecule has 1 aromatic carbocycles. The molecule has 0 radical (unpaired) electrons. The molecule has 1 aromatic rings. The molecule has 0 saturated heterocycles. The summed E-state index contributed by atoms with van der Waals surface area (Å²) in [5.74, 6) is 0.100. The topological polar surface area (TPSA) is 34.1 Å². The van der Waals surface area contributed by atoms with Crippen LogP contribution in [0.2, 0.25) is 0 Å². The van der Waals surface area contributed by atoms with Crippen LogP contribution in [-0.2, 0) is 4.79 Å². The average Bonchev–Trinajstić information content (AvgIpc) is 2.36. The Balaban J connectivity index is 3.04. The summed E-state index contributed by atoms with van der Waals surface area (Å²) in [7, 11) is 0.0521. The van der Waals surface area contributed by atoms with Crippen molar-refractivity contribution in [3.05, 3.63) is 35.9 Å². The monoisotopic (exact) mass is 236 g/mol. The summed E-state index contributed by atoms with van der Waals surface area (Å²) in [5, 5.41) is -0.483. The molecule has 0 N–H and O–H groups in total. The summed E-state index contributed by atoms with van der Waals surface area (Å²) < 4.78 is 0. The van der Waals surface area contributed by atoms with Gasteiger partial charge in [-0.25, -0.2) is 0 Å². The van der Waals surface area contributed by atoms with E-state index in [9.17, 15) is 9.59 Å². The molecule has 0 aliphatic heterocycles. The zero-order valence-electron chi connectivity index (χ0n) is 9.69. The molecular formula is C13H17O2P. The van der Waals surface area contributed by atoms with E-state index in [4.69, 9.17) is 0 Å². The third-order valence-corrected chi connectivity index (χ3v) is 4.62. The summed E-state index contributed by atoms with van der Waals surface area (Å²) in [6, 6.07) is 10.1. The van der Waals surface area contributed by atoms with Crippen molar-refractivity contribution < 1.29 is 9.59 Å². The van der Waals surface area contributed by atoms with Gasteiger partial charge in [0.1, 0.15) is 6.03 Å². The van der Waals surface area contributed by atoms with Crippen LogP contribution in [0.5, 0.6) is 0 Å². The number of benzene rings is 1. The maximum Gasteiger partial charge on any atom is 0.173 e. The molecule has 0 aromatic heterocycles. The summed E-state index contributed by atoms with van der Waals surface area (Å²) in [6.07, 6.45) is 1.43. The van der Waals surface area contributed by atoms with Crippen LogP contribution in [-0.4, -0.2) is 17.0 Å². The Morgan fingerprint density at radius 3 is 2.25 bits per heavy atom. The number of rotatable bonds is 6. The van der Waals surface area contributed by atoms with Crippen molar-refractivity contribution in [2.24, 2.45) is 0 Å². The van der Waals surface area contributed by atoms with Gasteiger partial charge in [0.25, 0.3) is 0 Å². The van der Waals surface area contributed by atoms with Crippen LogP contribution < -0.4 is 0 Å². The van der Waals surface area contributed by atoms with E-state index in [0.29, 0.717) is 18.4 Å². The van der Waals surface area contributed by atoms with Crippen molar-refractivity contribution >= 4 is 20.4 Å². The van der Waals surface area contributed by atoms with Gasteiger partial charge in [-0.15, -0.1) is 0 Å². The smallest absolute Gasteiger partial charge is 0.173 e. The highest BCUT2D eigenvalue weighted by Crippen LogP contribution is 2.39. The van der Waals surface area contributed by atoms with Crippen molar-refractivity contribution in [1.82, 2.24) is 0 Å². The molecule has 1 atom stereocenters. The van der Waals surface area contributed by atoms with Crippen molar-refractivity contribution in [3.8, 4) is 0 Å². The fraction of sp³-hybridized carbons (Fsp3) is 0.385. The van der Waals surface area contributed by atoms with Gasteiger partial charge in [-0.05, 0) is 21.4 Å². The van der Waals surface area contributed by atoms with Crippen molar-refractivity contribution in [3.63, 3.8) is 0 Å². The second kappa shape index (κ2) is 5.91. The highest BCUT2D eigenvalue weighted by atomic mass is 31.1. The van der Waals surface area contributed by atoms with Gasteiger partial charge < -0.3 is 0 Å². The molecule has 0 aliphatic carbocycles. The largest absolute Gasteiger partial charge is 0.299 e. The molecule has 0 amide bonds. The zero-order chi connectivity index (χ0) is 12.0. The van der Waals surface area contributed by atoms with Gasteiger partial charge in [0.05, 0.1) is 5.16 Å². The number of hydrogen-bond acceptors (Lipinski definition) is 2. The Morgan fingerprint density at radius 1 is 1.25 bits per heavy atom. The first kappa shape index (κ1) is 13.1. The summed E-state index contributed by atoms with van der Waals surface area (Å²) in [6.45, 7) is 3.95. The first-order valence-corrected chi connectivity index (χ1v) is 6.59. The molecular weight excluding hydrogens is 219 g/mol. The van der Waals surface area contributed by atoms with E-state index >= 15 is 0 Å². The predicted molar refractivity (Wildman–Crippen MR) is 69.2 cm³/mol. The standard InChI is InChI=1S/C13H17O2P/c1-3-13(4-2,16-10-14)12(15)11-8-6-5-7-9-11/h5-10,16H,3-4H2,1-2H3. The van der Waals surface area contributed by atoms with Crippen molar-refractivity contribution in [2.75, 3.05) is 0 Å². The summed E-state index contributed by atoms with van der Waals surface area (Å²) in [4.78, 5) is 23.1. The Labute approximate surface area is 98.2 Å². The van der Waals surface area contributed by atoms with Gasteiger partial charge in [-0.2, -0.15) is 0 Å². The Hall–Kier alpha value is -1.01. The first-order valence-electron chi connectivity index (χ1n) is 5.51. The second-order valence-corrected chi connectivity index (χ2v) is 5.23. The van der Waals surface area contributed by atoms with Crippen LogP contribution in [0.15, 0.2) is 30.3 Å². The normalized spacial score (nSPS) is 11.9. The lowest BCUT2D eigenvalue weighted by Crippen LogP contribution is -2.32.